The maximum Gasteiger partial charge on any atom is 0.0444 e. The Hall–Kier alpha value is -0.530. The van der Waals surface area contributed by atoms with E-state index in [-0.39, 0.29) is 0 Å². The van der Waals surface area contributed by atoms with Crippen LogP contribution < -0.4 is 5.32 Å². The molecule has 0 aliphatic heterocycles. The molecule has 1 aliphatic rings. The van der Waals surface area contributed by atoms with E-state index in [4.69, 9.17) is 11.6 Å². The summed E-state index contributed by atoms with van der Waals surface area (Å²) in [4.78, 5) is 0. The number of aryl methyl sites for hydroxylation is 1. The average Bonchev–Trinajstić information content (AvgIpc) is 2.19. The van der Waals surface area contributed by atoms with Crippen LogP contribution in [0.2, 0.25) is 5.02 Å². The van der Waals surface area contributed by atoms with Crippen LogP contribution in [0.3, 0.4) is 0 Å². The summed E-state index contributed by atoms with van der Waals surface area (Å²) >= 11 is 6.24. The van der Waals surface area contributed by atoms with Crippen LogP contribution in [-0.4, -0.2) is 13.6 Å². The lowest BCUT2D eigenvalue weighted by molar-refractivity contribution is 0.529. The number of likely N-dealkylation sites (N-methyl/N-ethyl adjacent to an activating group) is 1. The summed E-state index contributed by atoms with van der Waals surface area (Å²) in [6, 6.07) is 6.28. The molecule has 0 aromatic heterocycles. The van der Waals surface area contributed by atoms with Gasteiger partial charge in [-0.05, 0) is 49.4 Å². The Morgan fingerprint density at radius 2 is 2.36 bits per heavy atom. The van der Waals surface area contributed by atoms with Crippen LogP contribution in [0, 0.1) is 0 Å². The van der Waals surface area contributed by atoms with Crippen molar-refractivity contribution in [3.05, 3.63) is 34.3 Å². The summed E-state index contributed by atoms with van der Waals surface area (Å²) in [6.07, 6.45) is 3.74. The minimum atomic E-state index is 0.609. The topological polar surface area (TPSA) is 12.0 Å². The lowest BCUT2D eigenvalue weighted by Crippen LogP contribution is -2.21. The molecular formula is C12H16ClN. The Labute approximate surface area is 90.5 Å². The van der Waals surface area contributed by atoms with Gasteiger partial charge in [-0.3, -0.25) is 0 Å². The van der Waals surface area contributed by atoms with Crippen LogP contribution in [0.5, 0.6) is 0 Å². The maximum atomic E-state index is 6.24. The molecule has 0 heterocycles. The molecule has 0 amide bonds. The van der Waals surface area contributed by atoms with Crippen LogP contribution in [-0.2, 0) is 6.42 Å². The van der Waals surface area contributed by atoms with Crippen LogP contribution in [0.25, 0.3) is 0 Å². The summed E-state index contributed by atoms with van der Waals surface area (Å²) in [5.41, 5.74) is 2.83. The van der Waals surface area contributed by atoms with Gasteiger partial charge in [0.05, 0.1) is 0 Å². The van der Waals surface area contributed by atoms with Crippen molar-refractivity contribution in [3.63, 3.8) is 0 Å². The first-order valence-corrected chi connectivity index (χ1v) is 5.62. The summed E-state index contributed by atoms with van der Waals surface area (Å²) < 4.78 is 0. The highest BCUT2D eigenvalue weighted by molar-refractivity contribution is 6.31. The zero-order chi connectivity index (χ0) is 9.97. The van der Waals surface area contributed by atoms with Gasteiger partial charge in [-0.2, -0.15) is 0 Å². The number of hydrogen-bond acceptors (Lipinski definition) is 1. The van der Waals surface area contributed by atoms with E-state index in [1.165, 1.54) is 30.4 Å². The van der Waals surface area contributed by atoms with Gasteiger partial charge in [-0.15, -0.1) is 0 Å². The van der Waals surface area contributed by atoms with Gasteiger partial charge >= 0.3 is 0 Å². The molecule has 0 spiro atoms. The van der Waals surface area contributed by atoms with Crippen LogP contribution in [0.4, 0.5) is 0 Å². The molecule has 1 atom stereocenters. The Morgan fingerprint density at radius 3 is 3.14 bits per heavy atom. The number of fused-ring (bicyclic) bond motifs is 1. The second-order valence-electron chi connectivity index (χ2n) is 3.96. The van der Waals surface area contributed by atoms with E-state index in [1.807, 2.05) is 13.1 Å². The Balaban J connectivity index is 2.36. The van der Waals surface area contributed by atoms with Gasteiger partial charge in [0.25, 0.3) is 0 Å². The number of nitrogens with one attached hydrogen (secondary N) is 1. The first-order valence-electron chi connectivity index (χ1n) is 5.25. The maximum absolute atomic E-state index is 6.24. The fourth-order valence-electron chi connectivity index (χ4n) is 2.39. The standard InChI is InChI=1S/C12H16ClN/c1-14-8-10-6-2-4-9-5-3-7-11(13)12(9)10/h3,5,7,10,14H,2,4,6,8H2,1H3. The SMILES string of the molecule is CNCC1CCCc2cccc(Cl)c21. The predicted molar refractivity (Wildman–Crippen MR) is 61.1 cm³/mol. The van der Waals surface area contributed by atoms with Gasteiger partial charge in [0, 0.05) is 11.6 Å². The molecule has 1 unspecified atom stereocenters. The molecule has 2 rings (SSSR count). The molecule has 0 fully saturated rings. The molecule has 76 valence electrons. The van der Waals surface area contributed by atoms with Crippen LogP contribution >= 0.6 is 11.6 Å². The highest BCUT2D eigenvalue weighted by atomic mass is 35.5. The third-order valence-corrected chi connectivity index (χ3v) is 3.33. The molecule has 1 aromatic rings. The molecule has 1 aliphatic carbocycles. The number of hydrogen-bond donors (Lipinski definition) is 1. The van der Waals surface area contributed by atoms with E-state index in [0.717, 1.165) is 11.6 Å². The first-order chi connectivity index (χ1) is 6.83. The second kappa shape index (κ2) is 4.33. The summed E-state index contributed by atoms with van der Waals surface area (Å²) in [5, 5.41) is 4.19. The Bertz CT molecular complexity index is 322. The van der Waals surface area contributed by atoms with Crippen molar-refractivity contribution in [1.82, 2.24) is 5.32 Å². The van der Waals surface area contributed by atoms with Gasteiger partial charge in [0.15, 0.2) is 0 Å². The largest absolute Gasteiger partial charge is 0.319 e. The minimum absolute atomic E-state index is 0.609. The fraction of sp³-hybridized carbons (Fsp3) is 0.500. The van der Waals surface area contributed by atoms with Crippen molar-refractivity contribution >= 4 is 11.6 Å². The number of benzene rings is 1. The van der Waals surface area contributed by atoms with Crippen LogP contribution in [0.15, 0.2) is 18.2 Å². The van der Waals surface area contributed by atoms with E-state index in [9.17, 15) is 0 Å². The zero-order valence-electron chi connectivity index (χ0n) is 8.52. The molecule has 2 heteroatoms. The van der Waals surface area contributed by atoms with E-state index in [1.54, 1.807) is 0 Å². The first kappa shape index (κ1) is 10.0. The number of rotatable bonds is 2. The molecule has 0 bridgehead atoms. The quantitative estimate of drug-likeness (QED) is 0.790. The molecule has 0 radical (unpaired) electrons. The molecule has 1 nitrogen and oxygen atoms in total. The smallest absolute Gasteiger partial charge is 0.0444 e. The van der Waals surface area contributed by atoms with Gasteiger partial charge in [0.1, 0.15) is 0 Å². The van der Waals surface area contributed by atoms with Gasteiger partial charge in [-0.25, -0.2) is 0 Å². The lowest BCUT2D eigenvalue weighted by atomic mass is 9.83. The molecular weight excluding hydrogens is 194 g/mol. The van der Waals surface area contributed by atoms with Crippen molar-refractivity contribution < 1.29 is 0 Å². The lowest BCUT2D eigenvalue weighted by Gasteiger charge is -2.26. The van der Waals surface area contributed by atoms with E-state index in [0.29, 0.717) is 5.92 Å². The van der Waals surface area contributed by atoms with Gasteiger partial charge in [-0.1, -0.05) is 23.7 Å². The minimum Gasteiger partial charge on any atom is -0.319 e. The zero-order valence-corrected chi connectivity index (χ0v) is 9.27. The normalized spacial score (nSPS) is 20.6. The van der Waals surface area contributed by atoms with Crippen molar-refractivity contribution in [2.75, 3.05) is 13.6 Å². The highest BCUT2D eigenvalue weighted by Gasteiger charge is 2.21. The second-order valence-corrected chi connectivity index (χ2v) is 4.37. The molecule has 0 saturated heterocycles. The summed E-state index contributed by atoms with van der Waals surface area (Å²) in [7, 11) is 2.01. The third kappa shape index (κ3) is 1.79. The molecule has 1 aromatic carbocycles. The Kier molecular flexibility index (Phi) is 3.09. The number of halogens is 1. The van der Waals surface area contributed by atoms with Crippen molar-refractivity contribution in [2.24, 2.45) is 0 Å². The van der Waals surface area contributed by atoms with Gasteiger partial charge in [0.2, 0.25) is 0 Å². The predicted octanol–water partition coefficient (Wildman–Crippen LogP) is 2.98. The van der Waals surface area contributed by atoms with Crippen LogP contribution in [0.1, 0.15) is 29.9 Å². The fourth-order valence-corrected chi connectivity index (χ4v) is 2.74. The molecule has 1 N–H and O–H groups in total. The highest BCUT2D eigenvalue weighted by Crippen LogP contribution is 2.35. The molecule has 14 heavy (non-hydrogen) atoms. The van der Waals surface area contributed by atoms with Crippen molar-refractivity contribution in [2.45, 2.75) is 25.2 Å². The van der Waals surface area contributed by atoms with E-state index >= 15 is 0 Å². The molecule has 0 saturated carbocycles. The average molecular weight is 210 g/mol. The Morgan fingerprint density at radius 1 is 1.50 bits per heavy atom. The summed E-state index contributed by atoms with van der Waals surface area (Å²) in [6.45, 7) is 1.04. The van der Waals surface area contributed by atoms with Crippen molar-refractivity contribution in [3.8, 4) is 0 Å². The third-order valence-electron chi connectivity index (χ3n) is 3.00. The van der Waals surface area contributed by atoms with Crippen molar-refractivity contribution in [1.29, 1.82) is 0 Å². The summed E-state index contributed by atoms with van der Waals surface area (Å²) in [5.74, 6) is 0.609. The van der Waals surface area contributed by atoms with E-state index < -0.39 is 0 Å². The monoisotopic (exact) mass is 209 g/mol. The van der Waals surface area contributed by atoms with Gasteiger partial charge < -0.3 is 5.32 Å². The van der Waals surface area contributed by atoms with E-state index in [2.05, 4.69) is 17.4 Å².